The third-order valence-corrected chi connectivity index (χ3v) is 5.26. The summed E-state index contributed by atoms with van der Waals surface area (Å²) in [6.07, 6.45) is 5.31. The minimum absolute atomic E-state index is 0.356. The van der Waals surface area contributed by atoms with Crippen LogP contribution in [0.25, 0.3) is 0 Å². The van der Waals surface area contributed by atoms with Crippen molar-refractivity contribution in [3.8, 4) is 0 Å². The lowest BCUT2D eigenvalue weighted by atomic mass is 9.76. The van der Waals surface area contributed by atoms with Gasteiger partial charge in [0.1, 0.15) is 0 Å². The van der Waals surface area contributed by atoms with Crippen LogP contribution in [0.15, 0.2) is 0 Å². The number of nitrogens with two attached hydrogens (primary N) is 1. The quantitative estimate of drug-likeness (QED) is 0.855. The summed E-state index contributed by atoms with van der Waals surface area (Å²) in [5.74, 6) is 1.63. The number of morpholine rings is 1. The highest BCUT2D eigenvalue weighted by Gasteiger charge is 2.38. The van der Waals surface area contributed by atoms with Crippen LogP contribution < -0.4 is 5.73 Å². The molecule has 3 nitrogen and oxygen atoms in total. The molecule has 1 aliphatic heterocycles. The third kappa shape index (κ3) is 3.50. The Bertz CT molecular complexity index is 282. The van der Waals surface area contributed by atoms with Crippen molar-refractivity contribution in [3.63, 3.8) is 0 Å². The largest absolute Gasteiger partial charge is 0.376 e. The van der Waals surface area contributed by atoms with Crippen molar-refractivity contribution in [3.05, 3.63) is 0 Å². The van der Waals surface area contributed by atoms with E-state index >= 15 is 0 Å². The molecule has 0 spiro atoms. The van der Waals surface area contributed by atoms with Gasteiger partial charge >= 0.3 is 0 Å². The zero-order valence-electron chi connectivity index (χ0n) is 13.1. The summed E-state index contributed by atoms with van der Waals surface area (Å²) in [7, 11) is 0. The molecular weight excluding hydrogens is 236 g/mol. The molecule has 1 saturated carbocycles. The smallest absolute Gasteiger partial charge is 0.0674 e. The maximum absolute atomic E-state index is 6.45. The maximum atomic E-state index is 6.45. The van der Waals surface area contributed by atoms with Gasteiger partial charge in [0.25, 0.3) is 0 Å². The van der Waals surface area contributed by atoms with E-state index in [-0.39, 0.29) is 0 Å². The molecule has 1 aliphatic carbocycles. The topological polar surface area (TPSA) is 38.5 Å². The van der Waals surface area contributed by atoms with Crippen LogP contribution in [0.4, 0.5) is 0 Å². The second-order valence-electron chi connectivity index (χ2n) is 6.95. The summed E-state index contributed by atoms with van der Waals surface area (Å²) < 4.78 is 5.83. The van der Waals surface area contributed by atoms with E-state index in [1.807, 2.05) is 0 Å². The molecule has 0 aromatic heterocycles. The number of rotatable bonds is 3. The van der Waals surface area contributed by atoms with E-state index in [0.717, 1.165) is 25.0 Å². The van der Waals surface area contributed by atoms with Crippen molar-refractivity contribution in [1.82, 2.24) is 4.90 Å². The average Bonchev–Trinajstić information content (AvgIpc) is 2.39. The van der Waals surface area contributed by atoms with Crippen molar-refractivity contribution >= 4 is 0 Å². The fourth-order valence-electron chi connectivity index (χ4n) is 3.82. The van der Waals surface area contributed by atoms with Crippen molar-refractivity contribution in [2.45, 2.75) is 77.6 Å². The molecule has 5 unspecified atom stereocenters. The van der Waals surface area contributed by atoms with Crippen LogP contribution in [-0.4, -0.2) is 42.3 Å². The van der Waals surface area contributed by atoms with Crippen LogP contribution in [-0.2, 0) is 4.74 Å². The minimum atomic E-state index is 0.356. The van der Waals surface area contributed by atoms with Crippen LogP contribution in [0.2, 0.25) is 0 Å². The first-order valence-electron chi connectivity index (χ1n) is 8.15. The molecule has 0 bridgehead atoms. The molecule has 3 heteroatoms. The highest BCUT2D eigenvalue weighted by Crippen LogP contribution is 2.34. The van der Waals surface area contributed by atoms with Crippen molar-refractivity contribution in [2.75, 3.05) is 13.2 Å². The fraction of sp³-hybridized carbons (Fsp3) is 1.00. The van der Waals surface area contributed by atoms with Gasteiger partial charge in [0.15, 0.2) is 0 Å². The van der Waals surface area contributed by atoms with Crippen molar-refractivity contribution in [2.24, 2.45) is 17.6 Å². The molecule has 5 atom stereocenters. The molecule has 1 heterocycles. The summed E-state index contributed by atoms with van der Waals surface area (Å²) in [5, 5.41) is 0. The average molecular weight is 268 g/mol. The van der Waals surface area contributed by atoms with Gasteiger partial charge in [0.2, 0.25) is 0 Å². The van der Waals surface area contributed by atoms with Crippen LogP contribution >= 0.6 is 0 Å². The van der Waals surface area contributed by atoms with Crippen molar-refractivity contribution in [1.29, 1.82) is 0 Å². The fourth-order valence-corrected chi connectivity index (χ4v) is 3.82. The molecule has 1 saturated heterocycles. The number of hydrogen-bond acceptors (Lipinski definition) is 3. The minimum Gasteiger partial charge on any atom is -0.376 e. The first-order chi connectivity index (χ1) is 9.02. The molecule has 19 heavy (non-hydrogen) atoms. The molecule has 2 N–H and O–H groups in total. The first-order valence-corrected chi connectivity index (χ1v) is 8.15. The van der Waals surface area contributed by atoms with Gasteiger partial charge in [0.05, 0.1) is 12.7 Å². The van der Waals surface area contributed by atoms with Crippen LogP contribution in [0.5, 0.6) is 0 Å². The second kappa shape index (κ2) is 6.55. The Kier molecular flexibility index (Phi) is 5.27. The number of hydrogen-bond donors (Lipinski definition) is 1. The lowest BCUT2D eigenvalue weighted by Gasteiger charge is -2.48. The molecule has 2 rings (SSSR count). The van der Waals surface area contributed by atoms with E-state index in [1.54, 1.807) is 0 Å². The van der Waals surface area contributed by atoms with Crippen LogP contribution in [0, 0.1) is 11.8 Å². The van der Waals surface area contributed by atoms with Gasteiger partial charge < -0.3 is 10.5 Å². The highest BCUT2D eigenvalue weighted by molar-refractivity contribution is 4.94. The maximum Gasteiger partial charge on any atom is 0.0674 e. The van der Waals surface area contributed by atoms with E-state index < -0.39 is 0 Å². The normalized spacial score (nSPS) is 41.7. The summed E-state index contributed by atoms with van der Waals surface area (Å²) in [5.41, 5.74) is 6.45. The third-order valence-electron chi connectivity index (χ3n) is 5.26. The number of ether oxygens (including phenoxy) is 1. The number of nitrogens with zero attached hydrogens (tertiary/aromatic N) is 1. The van der Waals surface area contributed by atoms with E-state index in [2.05, 4.69) is 32.6 Å². The zero-order chi connectivity index (χ0) is 14.0. The molecular formula is C16H32N2O. The van der Waals surface area contributed by atoms with E-state index in [1.165, 1.54) is 25.7 Å². The molecule has 2 aliphatic rings. The summed E-state index contributed by atoms with van der Waals surface area (Å²) in [6.45, 7) is 11.1. The van der Waals surface area contributed by atoms with Gasteiger partial charge in [0, 0.05) is 24.7 Å². The predicted octanol–water partition coefficient (Wildman–Crippen LogP) is 2.64. The second-order valence-corrected chi connectivity index (χ2v) is 6.95. The zero-order valence-corrected chi connectivity index (χ0v) is 13.1. The Labute approximate surface area is 118 Å². The molecule has 0 aromatic carbocycles. The standard InChI is InChI=1S/C16H32N2O/c1-5-14-10-19-12(4)9-18(14)16-8-13(11(2)3)6-7-15(16)17/h11-16H,5-10,17H2,1-4H3. The predicted molar refractivity (Wildman–Crippen MR) is 80.1 cm³/mol. The Hall–Kier alpha value is -0.120. The van der Waals surface area contributed by atoms with Gasteiger partial charge in [-0.15, -0.1) is 0 Å². The lowest BCUT2D eigenvalue weighted by molar-refractivity contribution is -0.0849. The van der Waals surface area contributed by atoms with Crippen LogP contribution in [0.3, 0.4) is 0 Å². The van der Waals surface area contributed by atoms with Gasteiger partial charge in [-0.25, -0.2) is 0 Å². The Morgan fingerprint density at radius 3 is 2.68 bits per heavy atom. The Balaban J connectivity index is 2.07. The van der Waals surface area contributed by atoms with Crippen molar-refractivity contribution < 1.29 is 4.74 Å². The summed E-state index contributed by atoms with van der Waals surface area (Å²) in [6, 6.07) is 1.49. The van der Waals surface area contributed by atoms with Gasteiger partial charge in [-0.05, 0) is 44.4 Å². The molecule has 0 amide bonds. The van der Waals surface area contributed by atoms with E-state index in [0.29, 0.717) is 24.2 Å². The molecule has 0 radical (unpaired) electrons. The van der Waals surface area contributed by atoms with Gasteiger partial charge in [-0.2, -0.15) is 0 Å². The van der Waals surface area contributed by atoms with Crippen LogP contribution in [0.1, 0.15) is 53.4 Å². The first kappa shape index (κ1) is 15.3. The summed E-state index contributed by atoms with van der Waals surface area (Å²) in [4.78, 5) is 2.67. The van der Waals surface area contributed by atoms with E-state index in [9.17, 15) is 0 Å². The monoisotopic (exact) mass is 268 g/mol. The SMILES string of the molecule is CCC1COC(C)CN1C1CC(C(C)C)CCC1N. The Morgan fingerprint density at radius 2 is 2.05 bits per heavy atom. The molecule has 112 valence electrons. The lowest BCUT2D eigenvalue weighted by Crippen LogP contribution is -2.60. The van der Waals surface area contributed by atoms with Gasteiger partial charge in [-0.3, -0.25) is 4.90 Å². The molecule has 0 aromatic rings. The van der Waals surface area contributed by atoms with E-state index in [4.69, 9.17) is 10.5 Å². The van der Waals surface area contributed by atoms with Gasteiger partial charge in [-0.1, -0.05) is 20.8 Å². The Morgan fingerprint density at radius 1 is 1.32 bits per heavy atom. The molecule has 2 fully saturated rings. The highest BCUT2D eigenvalue weighted by atomic mass is 16.5. The summed E-state index contributed by atoms with van der Waals surface area (Å²) >= 11 is 0.